The topological polar surface area (TPSA) is 52.7 Å². The lowest BCUT2D eigenvalue weighted by Gasteiger charge is -2.35. The van der Waals surface area contributed by atoms with Crippen LogP contribution in [-0.2, 0) is 6.54 Å². The minimum absolute atomic E-state index is 0.0202. The van der Waals surface area contributed by atoms with Crippen LogP contribution in [0.2, 0.25) is 0 Å². The molecule has 3 amide bonds. The minimum Gasteiger partial charge on any atom is -0.322 e. The molecule has 3 aromatic carbocycles. The van der Waals surface area contributed by atoms with Crippen LogP contribution in [0.15, 0.2) is 78.9 Å². The summed E-state index contributed by atoms with van der Waals surface area (Å²) in [6.07, 6.45) is 0.891. The smallest absolute Gasteiger partial charge is 0.322 e. The molecule has 1 saturated heterocycles. The Bertz CT molecular complexity index is 1020. The van der Waals surface area contributed by atoms with Crippen molar-refractivity contribution >= 4 is 23.3 Å². The molecular formula is C24H22FN3O2. The Balaban J connectivity index is 1.42. The Morgan fingerprint density at radius 2 is 1.60 bits per heavy atom. The maximum absolute atomic E-state index is 13.0. The highest BCUT2D eigenvalue weighted by Crippen LogP contribution is 2.23. The minimum atomic E-state index is -0.386. The lowest BCUT2D eigenvalue weighted by Crippen LogP contribution is -2.49. The molecule has 152 valence electrons. The zero-order chi connectivity index (χ0) is 20.9. The van der Waals surface area contributed by atoms with Gasteiger partial charge in [0.2, 0.25) is 0 Å². The molecule has 6 heteroatoms. The van der Waals surface area contributed by atoms with E-state index < -0.39 is 0 Å². The zero-order valence-electron chi connectivity index (χ0n) is 16.4. The van der Waals surface area contributed by atoms with Crippen molar-refractivity contribution in [2.75, 3.05) is 23.3 Å². The van der Waals surface area contributed by atoms with Crippen molar-refractivity contribution in [1.29, 1.82) is 0 Å². The van der Waals surface area contributed by atoms with E-state index in [0.29, 0.717) is 24.3 Å². The third-order valence-corrected chi connectivity index (χ3v) is 5.07. The van der Waals surface area contributed by atoms with Gasteiger partial charge in [0.15, 0.2) is 0 Å². The van der Waals surface area contributed by atoms with Crippen LogP contribution in [-0.4, -0.2) is 29.9 Å². The number of benzene rings is 3. The van der Waals surface area contributed by atoms with Gasteiger partial charge in [0.05, 0.1) is 0 Å². The van der Waals surface area contributed by atoms with E-state index in [4.69, 9.17) is 0 Å². The van der Waals surface area contributed by atoms with Crippen molar-refractivity contribution in [3.8, 4) is 0 Å². The maximum atomic E-state index is 13.0. The first-order valence-electron chi connectivity index (χ1n) is 9.87. The van der Waals surface area contributed by atoms with Crippen molar-refractivity contribution in [2.45, 2.75) is 13.0 Å². The molecule has 3 aromatic rings. The van der Waals surface area contributed by atoms with Gasteiger partial charge in [0.1, 0.15) is 5.82 Å². The van der Waals surface area contributed by atoms with E-state index in [1.807, 2.05) is 47.4 Å². The van der Waals surface area contributed by atoms with Crippen LogP contribution < -0.4 is 10.2 Å². The lowest BCUT2D eigenvalue weighted by atomic mass is 10.1. The molecule has 0 aliphatic carbocycles. The molecule has 1 fully saturated rings. The second-order valence-electron chi connectivity index (χ2n) is 7.20. The maximum Gasteiger partial charge on any atom is 0.324 e. The summed E-state index contributed by atoms with van der Waals surface area (Å²) in [4.78, 5) is 28.8. The first-order valence-corrected chi connectivity index (χ1v) is 9.87. The molecular weight excluding hydrogens is 381 g/mol. The number of carbonyl (C=O) groups excluding carboxylic acids is 2. The Hall–Kier alpha value is -3.67. The lowest BCUT2D eigenvalue weighted by molar-refractivity contribution is 0.102. The van der Waals surface area contributed by atoms with E-state index in [0.717, 1.165) is 24.2 Å². The van der Waals surface area contributed by atoms with Crippen LogP contribution in [0.4, 0.5) is 20.6 Å². The number of halogens is 1. The molecule has 0 spiro atoms. The molecule has 5 nitrogen and oxygen atoms in total. The normalized spacial score (nSPS) is 14.0. The average molecular weight is 403 g/mol. The Morgan fingerprint density at radius 3 is 2.30 bits per heavy atom. The molecule has 1 aliphatic rings. The summed E-state index contributed by atoms with van der Waals surface area (Å²) in [6, 6.07) is 22.5. The number of amides is 3. The molecule has 0 atom stereocenters. The van der Waals surface area contributed by atoms with Crippen LogP contribution >= 0.6 is 0 Å². The number of carbonyl (C=O) groups is 2. The number of anilines is 2. The molecule has 4 rings (SSSR count). The van der Waals surface area contributed by atoms with E-state index in [2.05, 4.69) is 5.32 Å². The second kappa shape index (κ2) is 8.78. The van der Waals surface area contributed by atoms with Gasteiger partial charge in [0.25, 0.3) is 5.91 Å². The summed E-state index contributed by atoms with van der Waals surface area (Å²) in [5, 5.41) is 2.79. The number of hydrogen-bond donors (Lipinski definition) is 1. The third-order valence-electron chi connectivity index (χ3n) is 5.07. The van der Waals surface area contributed by atoms with Crippen LogP contribution in [0.1, 0.15) is 22.3 Å². The fourth-order valence-electron chi connectivity index (χ4n) is 3.50. The molecule has 1 aliphatic heterocycles. The highest BCUT2D eigenvalue weighted by atomic mass is 19.1. The molecule has 0 unspecified atom stereocenters. The molecule has 0 bridgehead atoms. The summed E-state index contributed by atoms with van der Waals surface area (Å²) in [5.41, 5.74) is 2.88. The van der Waals surface area contributed by atoms with Gasteiger partial charge >= 0.3 is 6.03 Å². The van der Waals surface area contributed by atoms with Crippen molar-refractivity contribution in [3.05, 3.63) is 95.8 Å². The van der Waals surface area contributed by atoms with Gasteiger partial charge in [-0.1, -0.05) is 30.3 Å². The molecule has 0 saturated carbocycles. The number of urea groups is 1. The van der Waals surface area contributed by atoms with Crippen molar-refractivity contribution in [3.63, 3.8) is 0 Å². The van der Waals surface area contributed by atoms with E-state index in [1.165, 1.54) is 24.3 Å². The highest BCUT2D eigenvalue weighted by Gasteiger charge is 2.26. The Morgan fingerprint density at radius 1 is 0.900 bits per heavy atom. The van der Waals surface area contributed by atoms with Crippen molar-refractivity contribution in [2.24, 2.45) is 0 Å². The fourth-order valence-corrected chi connectivity index (χ4v) is 3.50. The predicted octanol–water partition coefficient (Wildman–Crippen LogP) is 4.91. The fraction of sp³-hybridized carbons (Fsp3) is 0.167. The Labute approximate surface area is 174 Å². The van der Waals surface area contributed by atoms with E-state index in [1.54, 1.807) is 17.0 Å². The standard InChI is InChI=1S/C24H22FN3O2/c25-20-9-7-19(8-10-20)23(29)26-21-11-13-22(14-12-21)28-16-4-15-27(24(28)30)17-18-5-2-1-3-6-18/h1-3,5-14H,4,15-17H2,(H,26,29). The van der Waals surface area contributed by atoms with Gasteiger partial charge < -0.3 is 10.2 Å². The summed E-state index contributed by atoms with van der Waals surface area (Å²) in [6.45, 7) is 1.98. The van der Waals surface area contributed by atoms with Crippen LogP contribution in [0.3, 0.4) is 0 Å². The summed E-state index contributed by atoms with van der Waals surface area (Å²) >= 11 is 0. The van der Waals surface area contributed by atoms with Gasteiger partial charge in [-0.3, -0.25) is 9.69 Å². The summed E-state index contributed by atoms with van der Waals surface area (Å²) < 4.78 is 13.0. The molecule has 1 N–H and O–H groups in total. The van der Waals surface area contributed by atoms with E-state index >= 15 is 0 Å². The monoisotopic (exact) mass is 403 g/mol. The molecule has 0 aromatic heterocycles. The first kappa shape index (κ1) is 19.6. The number of rotatable bonds is 5. The first-order chi connectivity index (χ1) is 14.6. The van der Waals surface area contributed by atoms with Gasteiger partial charge in [-0.25, -0.2) is 9.18 Å². The zero-order valence-corrected chi connectivity index (χ0v) is 16.4. The number of nitrogens with zero attached hydrogens (tertiary/aromatic N) is 2. The highest BCUT2D eigenvalue weighted by molar-refractivity contribution is 6.04. The van der Waals surface area contributed by atoms with E-state index in [9.17, 15) is 14.0 Å². The van der Waals surface area contributed by atoms with Gasteiger partial charge in [0, 0.05) is 36.6 Å². The SMILES string of the molecule is O=C(Nc1ccc(N2CCCN(Cc3ccccc3)C2=O)cc1)c1ccc(F)cc1. The quantitative estimate of drug-likeness (QED) is 0.658. The largest absolute Gasteiger partial charge is 0.324 e. The number of hydrogen-bond acceptors (Lipinski definition) is 2. The number of nitrogens with one attached hydrogen (secondary N) is 1. The molecule has 0 radical (unpaired) electrons. The van der Waals surface area contributed by atoms with Crippen LogP contribution in [0.25, 0.3) is 0 Å². The van der Waals surface area contributed by atoms with Gasteiger partial charge in [-0.2, -0.15) is 0 Å². The average Bonchev–Trinajstić information content (AvgIpc) is 2.77. The Kier molecular flexibility index (Phi) is 5.75. The van der Waals surface area contributed by atoms with Gasteiger partial charge in [-0.05, 0) is 60.5 Å². The van der Waals surface area contributed by atoms with Crippen molar-refractivity contribution < 1.29 is 14.0 Å². The van der Waals surface area contributed by atoms with Crippen LogP contribution in [0, 0.1) is 5.82 Å². The molecule has 30 heavy (non-hydrogen) atoms. The predicted molar refractivity (Wildman–Crippen MR) is 115 cm³/mol. The van der Waals surface area contributed by atoms with Crippen molar-refractivity contribution in [1.82, 2.24) is 4.90 Å². The van der Waals surface area contributed by atoms with E-state index in [-0.39, 0.29) is 17.8 Å². The third kappa shape index (κ3) is 4.49. The molecule has 1 heterocycles. The van der Waals surface area contributed by atoms with Crippen LogP contribution in [0.5, 0.6) is 0 Å². The second-order valence-corrected chi connectivity index (χ2v) is 7.20. The van der Waals surface area contributed by atoms with Gasteiger partial charge in [-0.15, -0.1) is 0 Å². The summed E-state index contributed by atoms with van der Waals surface area (Å²) in [5.74, 6) is -0.700. The summed E-state index contributed by atoms with van der Waals surface area (Å²) in [7, 11) is 0.